The molecule has 4 aromatic rings. The zero-order valence-electron chi connectivity index (χ0n) is 14.6. The number of imidazole rings is 1. The van der Waals surface area contributed by atoms with E-state index >= 15 is 0 Å². The standard InChI is InChI=1S/C18H16ClFN8/c19-11-3-10(16-14(4-11)23-8-24-16)6-21-18-22-7-12(20)17(26-18)25-15-5-13(27-28-15)9-1-2-9/h3-5,7-9H,1-2,6H2,(H,23,24)(H3,21,22,25,26,27,28). The van der Waals surface area contributed by atoms with Crippen LogP contribution in [0.1, 0.15) is 30.0 Å². The molecule has 1 saturated carbocycles. The van der Waals surface area contributed by atoms with Crippen LogP contribution >= 0.6 is 11.6 Å². The number of nitrogens with one attached hydrogen (secondary N) is 4. The molecule has 0 spiro atoms. The first-order valence-corrected chi connectivity index (χ1v) is 9.24. The highest BCUT2D eigenvalue weighted by Crippen LogP contribution is 2.39. The minimum atomic E-state index is -0.557. The molecule has 0 atom stereocenters. The van der Waals surface area contributed by atoms with Crippen molar-refractivity contribution < 1.29 is 4.39 Å². The molecule has 0 unspecified atom stereocenters. The molecule has 0 radical (unpaired) electrons. The SMILES string of the molecule is Fc1cnc(NCc2cc(Cl)cc3[nH]cnc23)nc1Nc1cc(C2CC2)[nH]n1. The normalized spacial score (nSPS) is 13.8. The van der Waals surface area contributed by atoms with E-state index in [9.17, 15) is 4.39 Å². The number of hydrogen-bond donors (Lipinski definition) is 4. The van der Waals surface area contributed by atoms with Gasteiger partial charge in [0.1, 0.15) is 0 Å². The largest absolute Gasteiger partial charge is 0.350 e. The number of aromatic nitrogens is 6. The zero-order chi connectivity index (χ0) is 19.1. The Morgan fingerprint density at radius 3 is 2.96 bits per heavy atom. The van der Waals surface area contributed by atoms with Crippen LogP contribution in [0.3, 0.4) is 0 Å². The van der Waals surface area contributed by atoms with E-state index in [0.29, 0.717) is 23.3 Å². The van der Waals surface area contributed by atoms with Gasteiger partial charge in [0.15, 0.2) is 17.5 Å². The summed E-state index contributed by atoms with van der Waals surface area (Å²) in [5.41, 5.74) is 3.59. The summed E-state index contributed by atoms with van der Waals surface area (Å²) in [6, 6.07) is 5.51. The van der Waals surface area contributed by atoms with Crippen LogP contribution in [0.2, 0.25) is 5.02 Å². The summed E-state index contributed by atoms with van der Waals surface area (Å²) < 4.78 is 14.1. The van der Waals surface area contributed by atoms with E-state index in [1.54, 1.807) is 6.33 Å². The molecule has 10 heteroatoms. The minimum absolute atomic E-state index is 0.0577. The fourth-order valence-corrected chi connectivity index (χ4v) is 3.30. The number of fused-ring (bicyclic) bond motifs is 1. The van der Waals surface area contributed by atoms with Crippen LogP contribution in [0.25, 0.3) is 11.0 Å². The molecule has 3 heterocycles. The molecule has 1 aliphatic carbocycles. The number of aromatic amines is 2. The number of benzene rings is 1. The molecule has 1 aliphatic rings. The van der Waals surface area contributed by atoms with Crippen LogP contribution in [-0.2, 0) is 6.54 Å². The summed E-state index contributed by atoms with van der Waals surface area (Å²) in [5.74, 6) is 0.845. The quantitative estimate of drug-likeness (QED) is 0.389. The minimum Gasteiger partial charge on any atom is -0.350 e. The average Bonchev–Trinajstić information content (AvgIpc) is 3.24. The van der Waals surface area contributed by atoms with Gasteiger partial charge in [-0.2, -0.15) is 10.1 Å². The Balaban J connectivity index is 1.34. The van der Waals surface area contributed by atoms with Gasteiger partial charge in [0.2, 0.25) is 5.95 Å². The highest BCUT2D eigenvalue weighted by molar-refractivity contribution is 6.31. The highest BCUT2D eigenvalue weighted by atomic mass is 35.5. The lowest BCUT2D eigenvalue weighted by molar-refractivity contribution is 0.619. The Kier molecular flexibility index (Phi) is 4.09. The molecule has 4 N–H and O–H groups in total. The van der Waals surface area contributed by atoms with Gasteiger partial charge in [0, 0.05) is 34.8 Å². The van der Waals surface area contributed by atoms with Gasteiger partial charge in [-0.25, -0.2) is 14.4 Å². The zero-order valence-corrected chi connectivity index (χ0v) is 15.4. The highest BCUT2D eigenvalue weighted by Gasteiger charge is 2.25. The van der Waals surface area contributed by atoms with E-state index in [4.69, 9.17) is 11.6 Å². The van der Waals surface area contributed by atoms with Crippen LogP contribution < -0.4 is 10.6 Å². The molecule has 0 saturated heterocycles. The van der Waals surface area contributed by atoms with Gasteiger partial charge in [0.05, 0.1) is 23.6 Å². The van der Waals surface area contributed by atoms with E-state index in [1.807, 2.05) is 18.2 Å². The maximum atomic E-state index is 14.1. The van der Waals surface area contributed by atoms with Crippen LogP contribution in [0, 0.1) is 5.82 Å². The number of halogens is 2. The van der Waals surface area contributed by atoms with E-state index in [-0.39, 0.29) is 11.8 Å². The van der Waals surface area contributed by atoms with Crippen molar-refractivity contribution in [3.8, 4) is 0 Å². The lowest BCUT2D eigenvalue weighted by atomic mass is 10.2. The van der Waals surface area contributed by atoms with Crippen LogP contribution in [0.4, 0.5) is 22.0 Å². The first-order valence-electron chi connectivity index (χ1n) is 8.86. The third-order valence-corrected chi connectivity index (χ3v) is 4.83. The van der Waals surface area contributed by atoms with Crippen LogP contribution in [0.5, 0.6) is 0 Å². The molecule has 1 aromatic carbocycles. The van der Waals surface area contributed by atoms with Crippen molar-refractivity contribution in [3.05, 3.63) is 52.8 Å². The van der Waals surface area contributed by atoms with Gasteiger partial charge in [-0.05, 0) is 25.0 Å². The lowest BCUT2D eigenvalue weighted by Gasteiger charge is -2.09. The number of anilines is 3. The van der Waals surface area contributed by atoms with Gasteiger partial charge < -0.3 is 15.6 Å². The Hall–Kier alpha value is -3.20. The van der Waals surface area contributed by atoms with Crippen LogP contribution in [0.15, 0.2) is 30.7 Å². The Bertz CT molecular complexity index is 1150. The molecule has 0 aliphatic heterocycles. The molecule has 142 valence electrons. The second kappa shape index (κ2) is 6.75. The summed E-state index contributed by atoms with van der Waals surface area (Å²) in [6.07, 6.45) is 5.05. The average molecular weight is 399 g/mol. The van der Waals surface area contributed by atoms with E-state index in [1.165, 1.54) is 0 Å². The molecule has 3 aromatic heterocycles. The maximum Gasteiger partial charge on any atom is 0.225 e. The predicted octanol–water partition coefficient (Wildman–Crippen LogP) is 4.10. The molecule has 1 fully saturated rings. The molecule has 28 heavy (non-hydrogen) atoms. The van der Waals surface area contributed by atoms with Gasteiger partial charge in [0.25, 0.3) is 0 Å². The molecule has 0 bridgehead atoms. The first-order chi connectivity index (χ1) is 13.7. The molecular formula is C18H16ClFN8. The number of hydrogen-bond acceptors (Lipinski definition) is 6. The number of H-pyrrole nitrogens is 2. The lowest BCUT2D eigenvalue weighted by Crippen LogP contribution is -2.07. The van der Waals surface area contributed by atoms with Crippen LogP contribution in [-0.4, -0.2) is 30.1 Å². The molecule has 8 nitrogen and oxygen atoms in total. The Morgan fingerprint density at radius 1 is 1.21 bits per heavy atom. The third-order valence-electron chi connectivity index (χ3n) is 4.61. The summed E-state index contributed by atoms with van der Waals surface area (Å²) >= 11 is 6.15. The monoisotopic (exact) mass is 398 g/mol. The number of rotatable bonds is 6. The van der Waals surface area contributed by atoms with Crippen molar-refractivity contribution in [2.45, 2.75) is 25.3 Å². The summed E-state index contributed by atoms with van der Waals surface area (Å²) in [6.45, 7) is 0.390. The second-order valence-corrected chi connectivity index (χ2v) is 7.15. The van der Waals surface area contributed by atoms with E-state index < -0.39 is 5.82 Å². The second-order valence-electron chi connectivity index (χ2n) is 6.72. The van der Waals surface area contributed by atoms with Gasteiger partial charge in [-0.1, -0.05) is 11.6 Å². The summed E-state index contributed by atoms with van der Waals surface area (Å²) in [5, 5.41) is 13.7. The molecule has 0 amide bonds. The van der Waals surface area contributed by atoms with Gasteiger partial charge >= 0.3 is 0 Å². The first kappa shape index (κ1) is 16.9. The van der Waals surface area contributed by atoms with E-state index in [2.05, 4.69) is 40.8 Å². The van der Waals surface area contributed by atoms with Gasteiger partial charge in [-0.3, -0.25) is 5.10 Å². The topological polar surface area (TPSA) is 107 Å². The Labute approximate surface area is 164 Å². The maximum absolute atomic E-state index is 14.1. The summed E-state index contributed by atoms with van der Waals surface area (Å²) in [4.78, 5) is 15.6. The predicted molar refractivity (Wildman–Crippen MR) is 104 cm³/mol. The fourth-order valence-electron chi connectivity index (χ4n) is 3.06. The van der Waals surface area contributed by atoms with E-state index in [0.717, 1.165) is 41.3 Å². The summed E-state index contributed by atoms with van der Waals surface area (Å²) in [7, 11) is 0. The molecule has 5 rings (SSSR count). The van der Waals surface area contributed by atoms with Crippen molar-refractivity contribution in [2.75, 3.05) is 10.6 Å². The smallest absolute Gasteiger partial charge is 0.225 e. The molecular weight excluding hydrogens is 383 g/mol. The van der Waals surface area contributed by atoms with Crippen molar-refractivity contribution in [2.24, 2.45) is 0 Å². The van der Waals surface area contributed by atoms with Crippen molar-refractivity contribution in [3.63, 3.8) is 0 Å². The fraction of sp³-hybridized carbons (Fsp3) is 0.222. The third kappa shape index (κ3) is 3.36. The van der Waals surface area contributed by atoms with Gasteiger partial charge in [-0.15, -0.1) is 0 Å². The van der Waals surface area contributed by atoms with Crippen molar-refractivity contribution in [1.29, 1.82) is 0 Å². The number of nitrogens with zero attached hydrogens (tertiary/aromatic N) is 4. The Morgan fingerprint density at radius 2 is 2.11 bits per heavy atom. The van der Waals surface area contributed by atoms with Crippen molar-refractivity contribution in [1.82, 2.24) is 30.1 Å². The van der Waals surface area contributed by atoms with Crippen molar-refractivity contribution >= 4 is 40.2 Å².